The number of rotatable bonds is 4. The van der Waals surface area contributed by atoms with Crippen LogP contribution >= 0.6 is 0 Å². The van der Waals surface area contributed by atoms with E-state index in [1.807, 2.05) is 0 Å². The molecule has 0 aromatic heterocycles. The Kier molecular flexibility index (Phi) is 4.64. The predicted molar refractivity (Wildman–Crippen MR) is 82.3 cm³/mol. The Hall–Kier alpha value is -0.860. The predicted octanol–water partition coefficient (Wildman–Crippen LogP) is 3.68. The van der Waals surface area contributed by atoms with Crippen molar-refractivity contribution in [1.29, 1.82) is 0 Å². The normalized spacial score (nSPS) is 26.8. The summed E-state index contributed by atoms with van der Waals surface area (Å²) in [6.07, 6.45) is 2.37. The molecule has 2 nitrogen and oxygen atoms in total. The summed E-state index contributed by atoms with van der Waals surface area (Å²) in [5.41, 5.74) is 9.39. The van der Waals surface area contributed by atoms with E-state index in [0.29, 0.717) is 18.0 Å². The van der Waals surface area contributed by atoms with E-state index in [0.717, 1.165) is 6.54 Å². The van der Waals surface area contributed by atoms with Crippen LogP contribution in [0.4, 0.5) is 0 Å². The first kappa shape index (κ1) is 14.5. The van der Waals surface area contributed by atoms with Crippen molar-refractivity contribution in [3.63, 3.8) is 0 Å². The molecule has 1 aliphatic rings. The van der Waals surface area contributed by atoms with Gasteiger partial charge in [0.15, 0.2) is 0 Å². The van der Waals surface area contributed by atoms with Crippen LogP contribution in [0.5, 0.6) is 0 Å². The lowest BCUT2D eigenvalue weighted by Crippen LogP contribution is -2.49. The zero-order valence-corrected chi connectivity index (χ0v) is 12.8. The summed E-state index contributed by atoms with van der Waals surface area (Å²) in [5.74, 6) is 0.610. The summed E-state index contributed by atoms with van der Waals surface area (Å²) in [4.78, 5) is 2.59. The van der Waals surface area contributed by atoms with Crippen molar-refractivity contribution < 1.29 is 0 Å². The van der Waals surface area contributed by atoms with Gasteiger partial charge in [-0.3, -0.25) is 4.90 Å². The third-order valence-electron chi connectivity index (χ3n) is 4.47. The molecule has 1 aromatic rings. The van der Waals surface area contributed by atoms with Crippen molar-refractivity contribution in [2.75, 3.05) is 6.54 Å². The maximum atomic E-state index is 6.58. The molecule has 1 aromatic carbocycles. The molecule has 2 heteroatoms. The molecule has 0 bridgehead atoms. The zero-order chi connectivity index (χ0) is 14.0. The molecule has 106 valence electrons. The van der Waals surface area contributed by atoms with Crippen molar-refractivity contribution >= 4 is 0 Å². The Morgan fingerprint density at radius 2 is 1.89 bits per heavy atom. The summed E-state index contributed by atoms with van der Waals surface area (Å²) in [6.45, 7) is 10.3. The smallest absolute Gasteiger partial charge is 0.0456 e. The minimum absolute atomic E-state index is 0.154. The van der Waals surface area contributed by atoms with Gasteiger partial charge in [-0.1, -0.05) is 38.1 Å². The number of hydrogen-bond acceptors (Lipinski definition) is 2. The molecule has 0 fully saturated rings. The van der Waals surface area contributed by atoms with Crippen molar-refractivity contribution in [1.82, 2.24) is 4.90 Å². The number of fused-ring (bicyclic) bond motifs is 1. The monoisotopic (exact) mass is 260 g/mol. The molecule has 0 aliphatic heterocycles. The van der Waals surface area contributed by atoms with Crippen LogP contribution in [0.1, 0.15) is 63.6 Å². The van der Waals surface area contributed by atoms with E-state index in [1.54, 1.807) is 0 Å². The second-order valence-corrected chi connectivity index (χ2v) is 6.19. The lowest BCUT2D eigenvalue weighted by molar-refractivity contribution is 0.113. The Morgan fingerprint density at radius 1 is 1.26 bits per heavy atom. The van der Waals surface area contributed by atoms with Crippen molar-refractivity contribution in [2.24, 2.45) is 5.73 Å². The highest BCUT2D eigenvalue weighted by Crippen LogP contribution is 2.38. The average Bonchev–Trinajstić information content (AvgIpc) is 2.40. The first-order valence-electron chi connectivity index (χ1n) is 7.66. The van der Waals surface area contributed by atoms with Gasteiger partial charge in [-0.2, -0.15) is 0 Å². The number of benzene rings is 1. The molecule has 0 amide bonds. The van der Waals surface area contributed by atoms with E-state index >= 15 is 0 Å². The summed E-state index contributed by atoms with van der Waals surface area (Å²) in [6, 6.07) is 9.91. The van der Waals surface area contributed by atoms with Crippen LogP contribution in [-0.4, -0.2) is 23.5 Å². The van der Waals surface area contributed by atoms with E-state index in [-0.39, 0.29) is 6.04 Å². The Morgan fingerprint density at radius 3 is 2.47 bits per heavy atom. The fourth-order valence-electron chi connectivity index (χ4n) is 3.51. The van der Waals surface area contributed by atoms with Gasteiger partial charge in [-0.25, -0.2) is 0 Å². The maximum absolute atomic E-state index is 6.58. The number of hydrogen-bond donors (Lipinski definition) is 1. The molecule has 3 atom stereocenters. The van der Waals surface area contributed by atoms with Gasteiger partial charge in [0.05, 0.1) is 0 Å². The number of nitrogens with zero attached hydrogens (tertiary/aromatic N) is 1. The van der Waals surface area contributed by atoms with Crippen LogP contribution in [0, 0.1) is 0 Å². The fourth-order valence-corrected chi connectivity index (χ4v) is 3.51. The lowest BCUT2D eigenvalue weighted by Gasteiger charge is -2.43. The summed E-state index contributed by atoms with van der Waals surface area (Å²) < 4.78 is 0. The van der Waals surface area contributed by atoms with E-state index in [4.69, 9.17) is 5.73 Å². The minimum Gasteiger partial charge on any atom is -0.323 e. The number of nitrogens with two attached hydrogens (primary N) is 1. The van der Waals surface area contributed by atoms with Gasteiger partial charge in [0.2, 0.25) is 0 Å². The quantitative estimate of drug-likeness (QED) is 0.894. The third-order valence-corrected chi connectivity index (χ3v) is 4.47. The van der Waals surface area contributed by atoms with E-state index in [1.165, 1.54) is 24.0 Å². The molecule has 0 heterocycles. The second kappa shape index (κ2) is 6.06. The van der Waals surface area contributed by atoms with Crippen LogP contribution < -0.4 is 5.73 Å². The fraction of sp³-hybridized carbons (Fsp3) is 0.647. The SMILES string of the molecule is CCCN(C(C)C)C1CC(C)c2ccccc2C1N. The maximum Gasteiger partial charge on any atom is 0.0456 e. The molecule has 3 unspecified atom stereocenters. The average molecular weight is 260 g/mol. The molecule has 0 radical (unpaired) electrons. The molecule has 0 spiro atoms. The van der Waals surface area contributed by atoms with Gasteiger partial charge in [-0.05, 0) is 50.3 Å². The molecular weight excluding hydrogens is 232 g/mol. The highest BCUT2D eigenvalue weighted by atomic mass is 15.2. The topological polar surface area (TPSA) is 29.3 Å². The zero-order valence-electron chi connectivity index (χ0n) is 12.8. The first-order valence-corrected chi connectivity index (χ1v) is 7.66. The second-order valence-electron chi connectivity index (χ2n) is 6.19. The molecule has 19 heavy (non-hydrogen) atoms. The van der Waals surface area contributed by atoms with Crippen molar-refractivity contribution in [3.05, 3.63) is 35.4 Å². The molecule has 0 saturated carbocycles. The highest BCUT2D eigenvalue weighted by molar-refractivity contribution is 5.36. The summed E-state index contributed by atoms with van der Waals surface area (Å²) >= 11 is 0. The lowest BCUT2D eigenvalue weighted by atomic mass is 9.77. The molecule has 2 rings (SSSR count). The van der Waals surface area contributed by atoms with Crippen LogP contribution in [0.2, 0.25) is 0 Å². The van der Waals surface area contributed by atoms with Crippen molar-refractivity contribution in [2.45, 2.75) is 64.6 Å². The van der Waals surface area contributed by atoms with Crippen LogP contribution in [0.25, 0.3) is 0 Å². The van der Waals surface area contributed by atoms with Gasteiger partial charge in [0.25, 0.3) is 0 Å². The Labute approximate surface area is 118 Å². The molecule has 1 aliphatic carbocycles. The largest absolute Gasteiger partial charge is 0.323 e. The van der Waals surface area contributed by atoms with Crippen LogP contribution in [-0.2, 0) is 0 Å². The third kappa shape index (κ3) is 2.85. The van der Waals surface area contributed by atoms with Crippen molar-refractivity contribution in [3.8, 4) is 0 Å². The van der Waals surface area contributed by atoms with Gasteiger partial charge in [0.1, 0.15) is 0 Å². The minimum atomic E-state index is 0.154. The van der Waals surface area contributed by atoms with Gasteiger partial charge >= 0.3 is 0 Å². The Balaban J connectivity index is 2.30. The van der Waals surface area contributed by atoms with Gasteiger partial charge < -0.3 is 5.73 Å². The standard InChI is InChI=1S/C17H28N2/c1-5-10-19(12(2)3)16-11-13(4)14-8-6-7-9-15(14)17(16)18/h6-9,12-13,16-17H,5,10-11,18H2,1-4H3. The van der Waals surface area contributed by atoms with E-state index in [9.17, 15) is 0 Å². The molecule has 2 N–H and O–H groups in total. The first-order chi connectivity index (χ1) is 9.06. The highest BCUT2D eigenvalue weighted by Gasteiger charge is 2.34. The summed E-state index contributed by atoms with van der Waals surface area (Å²) in [5, 5.41) is 0. The van der Waals surface area contributed by atoms with E-state index < -0.39 is 0 Å². The van der Waals surface area contributed by atoms with Crippen LogP contribution in [0.3, 0.4) is 0 Å². The van der Waals surface area contributed by atoms with Gasteiger partial charge in [0, 0.05) is 18.1 Å². The Bertz CT molecular complexity index is 413. The van der Waals surface area contributed by atoms with Crippen LogP contribution in [0.15, 0.2) is 24.3 Å². The molecule has 0 saturated heterocycles. The summed E-state index contributed by atoms with van der Waals surface area (Å²) in [7, 11) is 0. The van der Waals surface area contributed by atoms with Gasteiger partial charge in [-0.15, -0.1) is 0 Å². The molecular formula is C17H28N2. The van der Waals surface area contributed by atoms with E-state index in [2.05, 4.69) is 56.9 Å².